The van der Waals surface area contributed by atoms with Crippen LogP contribution in [0.5, 0.6) is 5.75 Å². The fraction of sp³-hybridized carbons (Fsp3) is 0.174. The summed E-state index contributed by atoms with van der Waals surface area (Å²) in [5.41, 5.74) is 0.772. The number of rotatable bonds is 6. The summed E-state index contributed by atoms with van der Waals surface area (Å²) in [6.45, 7) is 1.67. The number of sulfonamides is 1. The highest BCUT2D eigenvalue weighted by molar-refractivity contribution is 7.89. The molecule has 0 radical (unpaired) electrons. The fourth-order valence-electron chi connectivity index (χ4n) is 3.51. The minimum absolute atomic E-state index is 0.0846. The summed E-state index contributed by atoms with van der Waals surface area (Å²) in [5, 5.41) is 7.00. The third-order valence-corrected chi connectivity index (χ3v) is 7.02. The fourth-order valence-corrected chi connectivity index (χ4v) is 5.19. The van der Waals surface area contributed by atoms with Crippen LogP contribution in [-0.4, -0.2) is 38.6 Å². The van der Waals surface area contributed by atoms with Crippen LogP contribution in [0.15, 0.2) is 64.5 Å². The smallest absolute Gasteiger partial charge is 0.326 e. The maximum absolute atomic E-state index is 13.2. The molecule has 0 bridgehead atoms. The van der Waals surface area contributed by atoms with Crippen LogP contribution in [0.25, 0.3) is 21.0 Å². The van der Waals surface area contributed by atoms with Gasteiger partial charge in [-0.2, -0.15) is 4.99 Å². The zero-order valence-corrected chi connectivity index (χ0v) is 20.0. The van der Waals surface area contributed by atoms with Gasteiger partial charge in [-0.3, -0.25) is 9.59 Å². The van der Waals surface area contributed by atoms with Crippen molar-refractivity contribution in [3.05, 3.63) is 65.0 Å². The van der Waals surface area contributed by atoms with Gasteiger partial charge in [0.2, 0.25) is 10.0 Å². The molecule has 34 heavy (non-hydrogen) atoms. The Morgan fingerprint density at radius 1 is 1.09 bits per heavy atom. The van der Waals surface area contributed by atoms with Crippen LogP contribution < -0.4 is 14.7 Å². The predicted octanol–water partition coefficient (Wildman–Crippen LogP) is 2.82. The van der Waals surface area contributed by atoms with Crippen LogP contribution in [0.2, 0.25) is 0 Å². The Bertz CT molecular complexity index is 1600. The number of benzene rings is 3. The first-order chi connectivity index (χ1) is 16.2. The summed E-state index contributed by atoms with van der Waals surface area (Å²) in [6.07, 6.45) is 0. The number of aromatic nitrogens is 1. The maximum Gasteiger partial charge on any atom is 0.326 e. The highest BCUT2D eigenvalue weighted by Gasteiger charge is 2.18. The van der Waals surface area contributed by atoms with Crippen molar-refractivity contribution in [1.29, 1.82) is 0 Å². The van der Waals surface area contributed by atoms with E-state index in [1.165, 1.54) is 29.9 Å². The first kappa shape index (κ1) is 23.6. The van der Waals surface area contributed by atoms with E-state index in [9.17, 15) is 18.0 Å². The lowest BCUT2D eigenvalue weighted by Gasteiger charge is -2.08. The number of carbonyl (C=O) groups excluding carboxylic acids is 2. The standard InChI is InChI=1S/C23H21N3O6S2/c1-3-32-21(27)13-26-18-9-8-16(34(24,29)30)12-20(18)33-23(26)25-22(28)17-10-14-6-4-5-7-15(14)11-19(17)31-2/h4-12H,3,13H2,1-2H3,(H2,24,29,30). The Hall–Kier alpha value is -3.54. The van der Waals surface area contributed by atoms with Crippen LogP contribution in [0.4, 0.5) is 0 Å². The second-order valence-corrected chi connectivity index (χ2v) is 9.84. The number of nitrogens with two attached hydrogens (primary N) is 1. The number of carbonyl (C=O) groups is 2. The molecule has 0 aliphatic heterocycles. The highest BCUT2D eigenvalue weighted by Crippen LogP contribution is 2.27. The molecule has 1 heterocycles. The topological polar surface area (TPSA) is 130 Å². The van der Waals surface area contributed by atoms with Crippen LogP contribution in [0.1, 0.15) is 17.3 Å². The molecule has 0 saturated carbocycles. The van der Waals surface area contributed by atoms with Gasteiger partial charge in [-0.15, -0.1) is 0 Å². The maximum atomic E-state index is 13.2. The molecule has 1 amide bonds. The van der Waals surface area contributed by atoms with Crippen molar-refractivity contribution < 1.29 is 27.5 Å². The van der Waals surface area contributed by atoms with Crippen LogP contribution >= 0.6 is 11.3 Å². The molecule has 4 rings (SSSR count). The number of amides is 1. The summed E-state index contributed by atoms with van der Waals surface area (Å²) in [5.74, 6) is -0.727. The summed E-state index contributed by atoms with van der Waals surface area (Å²) >= 11 is 1.06. The lowest BCUT2D eigenvalue weighted by Crippen LogP contribution is -2.23. The first-order valence-electron chi connectivity index (χ1n) is 10.2. The molecule has 0 unspecified atom stereocenters. The predicted molar refractivity (Wildman–Crippen MR) is 128 cm³/mol. The minimum Gasteiger partial charge on any atom is -0.496 e. The number of esters is 1. The summed E-state index contributed by atoms with van der Waals surface area (Å²) in [4.78, 5) is 29.8. The van der Waals surface area contributed by atoms with Crippen molar-refractivity contribution in [1.82, 2.24) is 4.57 Å². The summed E-state index contributed by atoms with van der Waals surface area (Å²) < 4.78 is 36.0. The van der Waals surface area contributed by atoms with Crippen molar-refractivity contribution in [2.45, 2.75) is 18.4 Å². The Kier molecular flexibility index (Phi) is 6.51. The van der Waals surface area contributed by atoms with Crippen molar-refractivity contribution in [3.63, 3.8) is 0 Å². The largest absolute Gasteiger partial charge is 0.496 e. The molecule has 176 valence electrons. The van der Waals surface area contributed by atoms with Gasteiger partial charge in [-0.05, 0) is 48.0 Å². The molecule has 0 saturated heterocycles. The van der Waals surface area contributed by atoms with Gasteiger partial charge in [0, 0.05) is 0 Å². The Labute approximate surface area is 199 Å². The molecule has 1 aromatic heterocycles. The molecule has 3 aromatic carbocycles. The van der Waals surface area contributed by atoms with Crippen molar-refractivity contribution in [2.75, 3.05) is 13.7 Å². The average Bonchev–Trinajstić information content (AvgIpc) is 3.13. The second kappa shape index (κ2) is 9.37. The Balaban J connectivity index is 1.89. The molecule has 4 aromatic rings. The number of fused-ring (bicyclic) bond motifs is 2. The molecular formula is C23H21N3O6S2. The van der Waals surface area contributed by atoms with Crippen molar-refractivity contribution in [2.24, 2.45) is 10.1 Å². The van der Waals surface area contributed by atoms with E-state index in [2.05, 4.69) is 4.99 Å². The first-order valence-corrected chi connectivity index (χ1v) is 12.5. The zero-order valence-electron chi connectivity index (χ0n) is 18.3. The van der Waals surface area contributed by atoms with Gasteiger partial charge >= 0.3 is 5.97 Å². The number of hydrogen-bond acceptors (Lipinski definition) is 7. The van der Waals surface area contributed by atoms with Gasteiger partial charge in [0.1, 0.15) is 12.3 Å². The van der Waals surface area contributed by atoms with E-state index >= 15 is 0 Å². The van der Waals surface area contributed by atoms with E-state index in [1.807, 2.05) is 24.3 Å². The van der Waals surface area contributed by atoms with Gasteiger partial charge in [0.15, 0.2) is 4.80 Å². The normalized spacial score (nSPS) is 12.3. The molecule has 0 aliphatic rings. The molecule has 9 nitrogen and oxygen atoms in total. The van der Waals surface area contributed by atoms with Crippen LogP contribution in [0.3, 0.4) is 0 Å². The summed E-state index contributed by atoms with van der Waals surface area (Å²) in [6, 6.07) is 15.2. The molecule has 0 spiro atoms. The lowest BCUT2D eigenvalue weighted by atomic mass is 10.1. The van der Waals surface area contributed by atoms with Crippen LogP contribution in [0, 0.1) is 0 Å². The number of ether oxygens (including phenoxy) is 2. The molecule has 0 atom stereocenters. The summed E-state index contributed by atoms with van der Waals surface area (Å²) in [7, 11) is -2.47. The van der Waals surface area contributed by atoms with E-state index in [-0.39, 0.29) is 28.4 Å². The van der Waals surface area contributed by atoms with E-state index in [4.69, 9.17) is 14.6 Å². The number of methoxy groups -OCH3 is 1. The van der Waals surface area contributed by atoms with Crippen LogP contribution in [-0.2, 0) is 26.1 Å². The molecular weight excluding hydrogens is 478 g/mol. The quantitative estimate of drug-likeness (QED) is 0.406. The van der Waals surface area contributed by atoms with Crippen molar-refractivity contribution >= 4 is 54.2 Å². The molecule has 0 aliphatic carbocycles. The SMILES string of the molecule is CCOC(=O)Cn1c(=NC(=O)c2cc3ccccc3cc2OC)sc2cc(S(N)(=O)=O)ccc21. The molecule has 2 N–H and O–H groups in total. The van der Waals surface area contributed by atoms with E-state index in [0.717, 1.165) is 22.1 Å². The second-order valence-electron chi connectivity index (χ2n) is 7.27. The van der Waals surface area contributed by atoms with E-state index in [0.29, 0.717) is 16.0 Å². The molecule has 0 fully saturated rings. The number of hydrogen-bond donors (Lipinski definition) is 1. The van der Waals surface area contributed by atoms with E-state index in [1.54, 1.807) is 19.1 Å². The number of nitrogens with zero attached hydrogens (tertiary/aromatic N) is 2. The average molecular weight is 500 g/mol. The van der Waals surface area contributed by atoms with Gasteiger partial charge in [-0.25, -0.2) is 13.6 Å². The number of primary sulfonamides is 1. The highest BCUT2D eigenvalue weighted by atomic mass is 32.2. The third kappa shape index (κ3) is 4.72. The van der Waals surface area contributed by atoms with Gasteiger partial charge in [0.05, 0.1) is 34.4 Å². The monoisotopic (exact) mass is 499 g/mol. The van der Waals surface area contributed by atoms with E-state index < -0.39 is 21.9 Å². The minimum atomic E-state index is -3.93. The number of thiazole rings is 1. The van der Waals surface area contributed by atoms with Gasteiger partial charge in [0.25, 0.3) is 5.91 Å². The Morgan fingerprint density at radius 3 is 2.44 bits per heavy atom. The Morgan fingerprint density at radius 2 is 1.79 bits per heavy atom. The van der Waals surface area contributed by atoms with Gasteiger partial charge in [-0.1, -0.05) is 35.6 Å². The zero-order chi connectivity index (χ0) is 24.5. The molecule has 11 heteroatoms. The third-order valence-electron chi connectivity index (χ3n) is 5.07. The van der Waals surface area contributed by atoms with Crippen molar-refractivity contribution in [3.8, 4) is 5.75 Å². The van der Waals surface area contributed by atoms with Gasteiger partial charge < -0.3 is 14.0 Å². The lowest BCUT2D eigenvalue weighted by molar-refractivity contribution is -0.143.